The van der Waals surface area contributed by atoms with E-state index in [0.717, 1.165) is 22.1 Å². The molecule has 11 aromatic carbocycles. The predicted molar refractivity (Wildman–Crippen MR) is 250 cm³/mol. The lowest BCUT2D eigenvalue weighted by Gasteiger charge is -2.19. The van der Waals surface area contributed by atoms with Crippen LogP contribution in [-0.2, 0) is 0 Å². The summed E-state index contributed by atoms with van der Waals surface area (Å²) in [6, 6.07) is 71.4. The molecule has 268 valence electrons. The Morgan fingerprint density at radius 1 is 0.293 bits per heavy atom. The fourth-order valence-corrected chi connectivity index (χ4v) is 10.9. The van der Waals surface area contributed by atoms with Crippen LogP contribution in [0.15, 0.2) is 199 Å². The Labute approximate surface area is 337 Å². The first-order valence-corrected chi connectivity index (χ1v) is 20.7. The van der Waals surface area contributed by atoms with Crippen molar-refractivity contribution >= 4 is 107 Å². The fourth-order valence-electron chi connectivity index (χ4n) is 9.83. The Kier molecular flexibility index (Phi) is 6.66. The molecule has 0 amide bonds. The van der Waals surface area contributed by atoms with Crippen molar-refractivity contribution in [2.24, 2.45) is 0 Å². The SMILES string of the molecule is c1ccc2c(-c3c4ccccc4c(-c4ccc5cc(-c6ccc7c(c6)oc6ccc8ccc9sc%10ccccc%10c9c8c67)ccc5c4)c4ccccc34)cccc2c1. The Morgan fingerprint density at radius 2 is 0.879 bits per heavy atom. The Balaban J connectivity index is 0.948. The van der Waals surface area contributed by atoms with Crippen LogP contribution in [0.2, 0.25) is 0 Å². The molecule has 1 nitrogen and oxygen atoms in total. The molecule has 0 aliphatic heterocycles. The molecule has 2 aromatic heterocycles. The summed E-state index contributed by atoms with van der Waals surface area (Å²) in [6.07, 6.45) is 0. The summed E-state index contributed by atoms with van der Waals surface area (Å²) in [6.45, 7) is 0. The number of fused-ring (bicyclic) bond motifs is 13. The van der Waals surface area contributed by atoms with Gasteiger partial charge in [0.15, 0.2) is 0 Å². The largest absolute Gasteiger partial charge is 0.456 e. The van der Waals surface area contributed by atoms with E-state index in [1.54, 1.807) is 0 Å². The van der Waals surface area contributed by atoms with Gasteiger partial charge in [-0.05, 0) is 124 Å². The lowest BCUT2D eigenvalue weighted by molar-refractivity contribution is 0.669. The Hall–Kier alpha value is -7.26. The van der Waals surface area contributed by atoms with Gasteiger partial charge in [0, 0.05) is 36.3 Å². The molecule has 0 aliphatic carbocycles. The van der Waals surface area contributed by atoms with Crippen molar-refractivity contribution in [3.8, 4) is 33.4 Å². The molecule has 0 aliphatic rings. The zero-order valence-corrected chi connectivity index (χ0v) is 32.1. The molecule has 0 N–H and O–H groups in total. The van der Waals surface area contributed by atoms with Crippen LogP contribution >= 0.6 is 11.3 Å². The van der Waals surface area contributed by atoms with Crippen LogP contribution in [0.1, 0.15) is 0 Å². The van der Waals surface area contributed by atoms with Gasteiger partial charge < -0.3 is 4.42 Å². The van der Waals surface area contributed by atoms with Gasteiger partial charge in [0.25, 0.3) is 0 Å². The second kappa shape index (κ2) is 12.1. The van der Waals surface area contributed by atoms with E-state index in [0.29, 0.717) is 0 Å². The molecule has 13 rings (SSSR count). The van der Waals surface area contributed by atoms with Crippen molar-refractivity contribution in [3.05, 3.63) is 194 Å². The predicted octanol–water partition coefficient (Wildman–Crippen LogP) is 16.7. The lowest BCUT2D eigenvalue weighted by Crippen LogP contribution is -1.91. The van der Waals surface area contributed by atoms with Crippen LogP contribution in [0, 0.1) is 0 Å². The molecular formula is C56H32OS. The molecule has 0 fully saturated rings. The highest BCUT2D eigenvalue weighted by Crippen LogP contribution is 2.47. The molecule has 0 unspecified atom stereocenters. The van der Waals surface area contributed by atoms with E-state index in [9.17, 15) is 0 Å². The van der Waals surface area contributed by atoms with Gasteiger partial charge in [-0.3, -0.25) is 0 Å². The standard InChI is InChI=1S/C56H32OS/c1-2-12-40-33(10-1)11-9-18-41(40)54-44-15-5-3-13-42(44)52(43-14-4-6-16-45(43)54)39-23-22-35-30-36(20-21-37(35)31-39)38-24-27-46-49(32-38)57-48-28-25-34-26-29-51-56(53(34)55(46)48)47-17-7-8-19-50(47)58-51/h1-32H. The van der Waals surface area contributed by atoms with Gasteiger partial charge in [-0.2, -0.15) is 0 Å². The summed E-state index contributed by atoms with van der Waals surface area (Å²) in [7, 11) is 0. The smallest absolute Gasteiger partial charge is 0.136 e. The van der Waals surface area contributed by atoms with Gasteiger partial charge in [-0.15, -0.1) is 11.3 Å². The highest BCUT2D eigenvalue weighted by molar-refractivity contribution is 7.26. The number of benzene rings is 11. The molecule has 0 saturated carbocycles. The van der Waals surface area contributed by atoms with Gasteiger partial charge in [0.2, 0.25) is 0 Å². The third-order valence-electron chi connectivity index (χ3n) is 12.4. The molecule has 2 heterocycles. The maximum atomic E-state index is 6.64. The quantitative estimate of drug-likeness (QED) is 0.164. The van der Waals surface area contributed by atoms with Gasteiger partial charge in [-0.1, -0.05) is 152 Å². The third kappa shape index (κ3) is 4.58. The molecule has 0 spiro atoms. The molecule has 0 radical (unpaired) electrons. The fraction of sp³-hybridized carbons (Fsp3) is 0. The molecule has 0 saturated heterocycles. The number of hydrogen-bond donors (Lipinski definition) is 0. The summed E-state index contributed by atoms with van der Waals surface area (Å²) in [5, 5.41) is 17.5. The average molecular weight is 753 g/mol. The summed E-state index contributed by atoms with van der Waals surface area (Å²) in [4.78, 5) is 0. The van der Waals surface area contributed by atoms with E-state index in [2.05, 4.69) is 194 Å². The molecule has 58 heavy (non-hydrogen) atoms. The van der Waals surface area contributed by atoms with Crippen LogP contribution in [0.3, 0.4) is 0 Å². The molecule has 2 heteroatoms. The van der Waals surface area contributed by atoms with E-state index in [4.69, 9.17) is 4.42 Å². The van der Waals surface area contributed by atoms with Gasteiger partial charge >= 0.3 is 0 Å². The number of hydrogen-bond acceptors (Lipinski definition) is 2. The minimum atomic E-state index is 0.915. The van der Waals surface area contributed by atoms with E-state index >= 15 is 0 Å². The van der Waals surface area contributed by atoms with Crippen LogP contribution < -0.4 is 0 Å². The average Bonchev–Trinajstić information content (AvgIpc) is 3.86. The van der Waals surface area contributed by atoms with E-state index < -0.39 is 0 Å². The summed E-state index contributed by atoms with van der Waals surface area (Å²) in [5.41, 5.74) is 9.22. The molecule has 13 aromatic rings. The van der Waals surface area contributed by atoms with E-state index in [-0.39, 0.29) is 0 Å². The zero-order valence-electron chi connectivity index (χ0n) is 31.3. The van der Waals surface area contributed by atoms with Crippen molar-refractivity contribution in [1.82, 2.24) is 0 Å². The van der Waals surface area contributed by atoms with Crippen LogP contribution in [-0.4, -0.2) is 0 Å². The Bertz CT molecular complexity index is 3800. The van der Waals surface area contributed by atoms with Gasteiger partial charge in [-0.25, -0.2) is 0 Å². The third-order valence-corrected chi connectivity index (χ3v) is 13.5. The van der Waals surface area contributed by atoms with Crippen molar-refractivity contribution in [3.63, 3.8) is 0 Å². The van der Waals surface area contributed by atoms with E-state index in [1.807, 2.05) is 11.3 Å². The van der Waals surface area contributed by atoms with Gasteiger partial charge in [0.1, 0.15) is 11.2 Å². The highest BCUT2D eigenvalue weighted by atomic mass is 32.1. The summed E-state index contributed by atoms with van der Waals surface area (Å²) >= 11 is 1.86. The monoisotopic (exact) mass is 752 g/mol. The topological polar surface area (TPSA) is 13.1 Å². The van der Waals surface area contributed by atoms with Crippen molar-refractivity contribution in [1.29, 1.82) is 0 Å². The number of furan rings is 1. The van der Waals surface area contributed by atoms with Crippen LogP contribution in [0.25, 0.3) is 129 Å². The van der Waals surface area contributed by atoms with Crippen molar-refractivity contribution < 1.29 is 4.42 Å². The Morgan fingerprint density at radius 3 is 1.67 bits per heavy atom. The maximum Gasteiger partial charge on any atom is 0.136 e. The molecule has 0 atom stereocenters. The van der Waals surface area contributed by atoms with E-state index in [1.165, 1.54) is 107 Å². The second-order valence-electron chi connectivity index (χ2n) is 15.5. The van der Waals surface area contributed by atoms with Gasteiger partial charge in [0.05, 0.1) is 0 Å². The normalized spacial score (nSPS) is 12.1. The second-order valence-corrected chi connectivity index (χ2v) is 16.6. The minimum Gasteiger partial charge on any atom is -0.456 e. The highest BCUT2D eigenvalue weighted by Gasteiger charge is 2.19. The van der Waals surface area contributed by atoms with Crippen LogP contribution in [0.5, 0.6) is 0 Å². The van der Waals surface area contributed by atoms with Crippen molar-refractivity contribution in [2.45, 2.75) is 0 Å². The molecular weight excluding hydrogens is 721 g/mol. The summed E-state index contributed by atoms with van der Waals surface area (Å²) in [5.74, 6) is 0. The summed E-state index contributed by atoms with van der Waals surface area (Å²) < 4.78 is 9.27. The van der Waals surface area contributed by atoms with Crippen molar-refractivity contribution in [2.75, 3.05) is 0 Å². The zero-order chi connectivity index (χ0) is 37.9. The van der Waals surface area contributed by atoms with Crippen LogP contribution in [0.4, 0.5) is 0 Å². The first kappa shape index (κ1) is 31.9. The lowest BCUT2D eigenvalue weighted by atomic mass is 9.84. The number of rotatable bonds is 3. The minimum absolute atomic E-state index is 0.915. The number of thiophene rings is 1. The first-order valence-electron chi connectivity index (χ1n) is 19.9. The molecule has 0 bridgehead atoms. The maximum absolute atomic E-state index is 6.64. The first-order chi connectivity index (χ1) is 28.7.